The Bertz CT molecular complexity index is 347. The van der Waals surface area contributed by atoms with Crippen molar-refractivity contribution in [2.75, 3.05) is 46.8 Å². The topological polar surface area (TPSA) is 30.9 Å². The van der Waals surface area contributed by atoms with E-state index in [-0.39, 0.29) is 0 Å². The number of nitrogens with zero attached hydrogens (tertiary/aromatic N) is 3. The molecule has 1 heterocycles. The average Bonchev–Trinajstić information content (AvgIpc) is 2.35. The summed E-state index contributed by atoms with van der Waals surface area (Å²) in [6, 6.07) is 0. The van der Waals surface area contributed by atoms with E-state index in [1.54, 1.807) is 7.05 Å². The molecule has 1 rings (SSSR count). The minimum Gasteiger partial charge on any atom is -0.356 e. The van der Waals surface area contributed by atoms with Gasteiger partial charge in [0.05, 0.1) is 6.54 Å². The number of nitrogens with one attached hydrogen (secondary N) is 1. The predicted octanol–water partition coefficient (Wildman–Crippen LogP) is 2.42. The van der Waals surface area contributed by atoms with Gasteiger partial charge < -0.3 is 10.2 Å². The van der Waals surface area contributed by atoms with Crippen LogP contribution in [0.4, 0.5) is 13.2 Å². The summed E-state index contributed by atoms with van der Waals surface area (Å²) < 4.78 is 36.7. The molecule has 0 amide bonds. The van der Waals surface area contributed by atoms with Gasteiger partial charge in [0.2, 0.25) is 0 Å². The van der Waals surface area contributed by atoms with Crippen LogP contribution in [0.2, 0.25) is 0 Å². The van der Waals surface area contributed by atoms with Crippen LogP contribution in [0.3, 0.4) is 0 Å². The van der Waals surface area contributed by atoms with E-state index in [1.165, 1.54) is 18.4 Å². The minimum absolute atomic E-state index is 0.413. The van der Waals surface area contributed by atoms with Crippen LogP contribution < -0.4 is 5.32 Å². The van der Waals surface area contributed by atoms with Crippen LogP contribution >= 0.6 is 0 Å². The van der Waals surface area contributed by atoms with Crippen LogP contribution in [0.1, 0.15) is 26.7 Å². The van der Waals surface area contributed by atoms with Gasteiger partial charge in [0, 0.05) is 26.7 Å². The zero-order valence-electron chi connectivity index (χ0n) is 14.1. The van der Waals surface area contributed by atoms with E-state index in [9.17, 15) is 13.2 Å². The van der Waals surface area contributed by atoms with E-state index < -0.39 is 12.7 Å². The van der Waals surface area contributed by atoms with Crippen molar-refractivity contribution in [2.24, 2.45) is 16.8 Å². The Morgan fingerprint density at radius 2 is 1.86 bits per heavy atom. The Kier molecular flexibility index (Phi) is 7.45. The zero-order chi connectivity index (χ0) is 16.8. The van der Waals surface area contributed by atoms with Gasteiger partial charge in [-0.25, -0.2) is 0 Å². The highest BCUT2D eigenvalue weighted by Gasteiger charge is 2.29. The van der Waals surface area contributed by atoms with Crippen molar-refractivity contribution in [3.8, 4) is 0 Å². The van der Waals surface area contributed by atoms with Crippen molar-refractivity contribution in [1.82, 2.24) is 15.1 Å². The van der Waals surface area contributed by atoms with Crippen LogP contribution in [0.25, 0.3) is 0 Å². The Balaban J connectivity index is 2.30. The molecule has 1 fully saturated rings. The highest BCUT2D eigenvalue weighted by molar-refractivity contribution is 5.79. The van der Waals surface area contributed by atoms with Crippen molar-refractivity contribution < 1.29 is 13.2 Å². The molecule has 0 saturated carbocycles. The number of alkyl halides is 3. The third-order valence-corrected chi connectivity index (χ3v) is 3.83. The van der Waals surface area contributed by atoms with Crippen LogP contribution in [0.15, 0.2) is 4.99 Å². The van der Waals surface area contributed by atoms with Crippen molar-refractivity contribution in [3.05, 3.63) is 0 Å². The molecule has 130 valence electrons. The monoisotopic (exact) mass is 322 g/mol. The summed E-state index contributed by atoms with van der Waals surface area (Å²) in [4.78, 5) is 7.84. The summed E-state index contributed by atoms with van der Waals surface area (Å²) in [6.07, 6.45) is -2.24. The van der Waals surface area contributed by atoms with Gasteiger partial charge in [0.1, 0.15) is 0 Å². The van der Waals surface area contributed by atoms with E-state index in [2.05, 4.69) is 29.1 Å². The highest BCUT2D eigenvalue weighted by Crippen LogP contribution is 2.20. The van der Waals surface area contributed by atoms with Crippen LogP contribution in [-0.4, -0.2) is 68.8 Å². The zero-order valence-corrected chi connectivity index (χ0v) is 14.1. The lowest BCUT2D eigenvalue weighted by Crippen LogP contribution is -2.48. The first kappa shape index (κ1) is 19.1. The number of halogens is 3. The molecule has 2 atom stereocenters. The molecule has 0 bridgehead atoms. The van der Waals surface area contributed by atoms with Gasteiger partial charge in [-0.3, -0.25) is 9.89 Å². The second-order valence-corrected chi connectivity index (χ2v) is 6.53. The lowest BCUT2D eigenvalue weighted by atomic mass is 9.92. The van der Waals surface area contributed by atoms with Crippen LogP contribution in [0.5, 0.6) is 0 Å². The normalized spacial score (nSPS) is 24.0. The molecule has 4 nitrogen and oxygen atoms in total. The predicted molar refractivity (Wildman–Crippen MR) is 84.0 cm³/mol. The first-order chi connectivity index (χ1) is 10.2. The lowest BCUT2D eigenvalue weighted by molar-refractivity contribution is -0.143. The molecule has 7 heteroatoms. The van der Waals surface area contributed by atoms with Gasteiger partial charge >= 0.3 is 6.18 Å². The number of likely N-dealkylation sites (tertiary alicyclic amines) is 1. The molecule has 0 aliphatic carbocycles. The number of piperidine rings is 1. The van der Waals surface area contributed by atoms with Gasteiger partial charge in [-0.2, -0.15) is 13.2 Å². The molecular formula is C15H29F3N4. The molecular weight excluding hydrogens is 293 g/mol. The lowest BCUT2D eigenvalue weighted by Gasteiger charge is -2.37. The largest absolute Gasteiger partial charge is 0.401 e. The van der Waals surface area contributed by atoms with Gasteiger partial charge in [-0.1, -0.05) is 13.8 Å². The third-order valence-electron chi connectivity index (χ3n) is 3.83. The van der Waals surface area contributed by atoms with E-state index in [0.29, 0.717) is 31.3 Å². The average molecular weight is 322 g/mol. The third kappa shape index (κ3) is 7.33. The summed E-state index contributed by atoms with van der Waals surface area (Å²) in [7, 11) is 3.25. The minimum atomic E-state index is -4.13. The van der Waals surface area contributed by atoms with Crippen molar-refractivity contribution >= 4 is 5.96 Å². The summed E-state index contributed by atoms with van der Waals surface area (Å²) >= 11 is 0. The Morgan fingerprint density at radius 3 is 2.36 bits per heavy atom. The second-order valence-electron chi connectivity index (χ2n) is 6.53. The molecule has 1 saturated heterocycles. The molecule has 0 spiro atoms. The van der Waals surface area contributed by atoms with E-state index >= 15 is 0 Å². The standard InChI is InChI=1S/C15H29F3N4/c1-12-8-13(2)10-22(9-12)14(19-3)20-6-5-7-21(4)11-15(16,17)18/h12-13H,5-11H2,1-4H3,(H,19,20). The Hall–Kier alpha value is -0.980. The number of rotatable bonds is 5. The number of hydrogen-bond acceptors (Lipinski definition) is 2. The molecule has 0 aromatic heterocycles. The van der Waals surface area contributed by atoms with Gasteiger partial charge in [0.25, 0.3) is 0 Å². The van der Waals surface area contributed by atoms with Gasteiger partial charge in [-0.05, 0) is 38.3 Å². The van der Waals surface area contributed by atoms with E-state index in [0.717, 1.165) is 19.0 Å². The maximum atomic E-state index is 12.2. The van der Waals surface area contributed by atoms with Crippen molar-refractivity contribution in [3.63, 3.8) is 0 Å². The quantitative estimate of drug-likeness (QED) is 0.479. The number of guanidine groups is 1. The maximum absolute atomic E-state index is 12.2. The second kappa shape index (κ2) is 8.60. The first-order valence-electron chi connectivity index (χ1n) is 7.92. The molecule has 1 N–H and O–H groups in total. The fourth-order valence-electron chi connectivity index (χ4n) is 3.10. The SMILES string of the molecule is CN=C(NCCCN(C)CC(F)(F)F)N1CC(C)CC(C)C1. The summed E-state index contributed by atoms with van der Waals surface area (Å²) in [6.45, 7) is 6.63. The first-order valence-corrected chi connectivity index (χ1v) is 7.92. The molecule has 2 unspecified atom stereocenters. The molecule has 0 radical (unpaired) electrons. The van der Waals surface area contributed by atoms with E-state index in [4.69, 9.17) is 0 Å². The van der Waals surface area contributed by atoms with Crippen LogP contribution in [-0.2, 0) is 0 Å². The summed E-state index contributed by atoms with van der Waals surface area (Å²) in [5.41, 5.74) is 0. The van der Waals surface area contributed by atoms with Gasteiger partial charge in [0.15, 0.2) is 5.96 Å². The summed E-state index contributed by atoms with van der Waals surface area (Å²) in [5.74, 6) is 2.14. The smallest absolute Gasteiger partial charge is 0.356 e. The number of hydrogen-bond donors (Lipinski definition) is 1. The molecule has 1 aliphatic heterocycles. The highest BCUT2D eigenvalue weighted by atomic mass is 19.4. The fourth-order valence-corrected chi connectivity index (χ4v) is 3.10. The molecule has 0 aromatic carbocycles. The molecule has 0 aromatic rings. The summed E-state index contributed by atoms with van der Waals surface area (Å²) in [5, 5.41) is 3.27. The van der Waals surface area contributed by atoms with E-state index in [1.807, 2.05) is 0 Å². The van der Waals surface area contributed by atoms with Crippen molar-refractivity contribution in [1.29, 1.82) is 0 Å². The Morgan fingerprint density at radius 1 is 1.27 bits per heavy atom. The van der Waals surface area contributed by atoms with Crippen molar-refractivity contribution in [2.45, 2.75) is 32.9 Å². The Labute approximate surface area is 131 Å². The number of aliphatic imine (C=N–C) groups is 1. The molecule has 1 aliphatic rings. The van der Waals surface area contributed by atoms with Crippen LogP contribution in [0, 0.1) is 11.8 Å². The van der Waals surface area contributed by atoms with Gasteiger partial charge in [-0.15, -0.1) is 0 Å². The molecule has 22 heavy (non-hydrogen) atoms. The fraction of sp³-hybridized carbons (Fsp3) is 0.933. The maximum Gasteiger partial charge on any atom is 0.401 e.